The summed E-state index contributed by atoms with van der Waals surface area (Å²) in [7, 11) is 0. The first-order valence-electron chi connectivity index (χ1n) is 6.06. The predicted octanol–water partition coefficient (Wildman–Crippen LogP) is 2.63. The van der Waals surface area contributed by atoms with Gasteiger partial charge in [-0.05, 0) is 36.6 Å². The fourth-order valence-corrected chi connectivity index (χ4v) is 2.29. The van der Waals surface area contributed by atoms with E-state index in [2.05, 4.69) is 5.32 Å². The highest BCUT2D eigenvalue weighted by molar-refractivity contribution is 5.65. The minimum atomic E-state index is -0.859. The van der Waals surface area contributed by atoms with Crippen LogP contribution in [-0.4, -0.2) is 35.2 Å². The monoisotopic (exact) mass is 252 g/mol. The molecule has 2 rings (SSSR count). The van der Waals surface area contributed by atoms with E-state index in [9.17, 15) is 9.18 Å². The van der Waals surface area contributed by atoms with Gasteiger partial charge in [0, 0.05) is 24.8 Å². The minimum Gasteiger partial charge on any atom is -0.465 e. The Morgan fingerprint density at radius 3 is 2.67 bits per heavy atom. The number of carboxylic acid groups (broad SMARTS) is 1. The predicted molar refractivity (Wildman–Crippen MR) is 67.2 cm³/mol. The lowest BCUT2D eigenvalue weighted by Gasteiger charge is -2.36. The van der Waals surface area contributed by atoms with E-state index in [0.717, 1.165) is 12.1 Å². The maximum absolute atomic E-state index is 12.8. The third-order valence-electron chi connectivity index (χ3n) is 3.37. The number of hydrogen-bond donors (Lipinski definition) is 2. The first-order chi connectivity index (χ1) is 8.56. The molecule has 5 heteroatoms. The first-order valence-corrected chi connectivity index (χ1v) is 6.06. The summed E-state index contributed by atoms with van der Waals surface area (Å²) < 4.78 is 12.8. The standard InChI is InChI=1S/C13H17FN2O2/c1-9-8-16(13(17)18)7-6-12(9)15-11-4-2-10(14)3-5-11/h2-5,9,12,15H,6-8H2,1H3,(H,17,18)/t9-,12+/m0/s1. The van der Waals surface area contributed by atoms with Gasteiger partial charge in [-0.25, -0.2) is 9.18 Å². The van der Waals surface area contributed by atoms with Gasteiger partial charge in [0.2, 0.25) is 0 Å². The zero-order valence-electron chi connectivity index (χ0n) is 10.3. The molecule has 1 aliphatic heterocycles. The van der Waals surface area contributed by atoms with Gasteiger partial charge >= 0.3 is 6.09 Å². The Morgan fingerprint density at radius 2 is 2.11 bits per heavy atom. The molecule has 1 aromatic rings. The van der Waals surface area contributed by atoms with Crippen LogP contribution in [0.5, 0.6) is 0 Å². The van der Waals surface area contributed by atoms with Gasteiger partial charge in [-0.1, -0.05) is 6.92 Å². The van der Waals surface area contributed by atoms with Crippen LogP contribution in [0.15, 0.2) is 24.3 Å². The molecule has 0 aliphatic carbocycles. The van der Waals surface area contributed by atoms with Gasteiger partial charge in [0.1, 0.15) is 5.82 Å². The molecule has 1 saturated heterocycles. The van der Waals surface area contributed by atoms with E-state index in [0.29, 0.717) is 13.1 Å². The number of hydrogen-bond acceptors (Lipinski definition) is 2. The first kappa shape index (κ1) is 12.7. The van der Waals surface area contributed by atoms with E-state index in [-0.39, 0.29) is 17.8 Å². The number of likely N-dealkylation sites (tertiary alicyclic amines) is 1. The SMILES string of the molecule is C[C@H]1CN(C(=O)O)CC[C@H]1Nc1ccc(F)cc1. The van der Waals surface area contributed by atoms with Crippen molar-refractivity contribution in [2.24, 2.45) is 5.92 Å². The van der Waals surface area contributed by atoms with Crippen LogP contribution in [0.4, 0.5) is 14.9 Å². The molecule has 18 heavy (non-hydrogen) atoms. The Morgan fingerprint density at radius 1 is 1.44 bits per heavy atom. The number of piperidine rings is 1. The quantitative estimate of drug-likeness (QED) is 0.850. The summed E-state index contributed by atoms with van der Waals surface area (Å²) in [6.07, 6.45) is -0.0905. The van der Waals surface area contributed by atoms with Crippen molar-refractivity contribution in [2.75, 3.05) is 18.4 Å². The summed E-state index contributed by atoms with van der Waals surface area (Å²) in [4.78, 5) is 12.3. The van der Waals surface area contributed by atoms with E-state index in [1.54, 1.807) is 12.1 Å². The number of halogens is 1. The van der Waals surface area contributed by atoms with Gasteiger partial charge in [-0.2, -0.15) is 0 Å². The van der Waals surface area contributed by atoms with E-state index in [1.165, 1.54) is 17.0 Å². The highest BCUT2D eigenvalue weighted by atomic mass is 19.1. The molecule has 1 amide bonds. The van der Waals surface area contributed by atoms with Crippen molar-refractivity contribution >= 4 is 11.8 Å². The second-order valence-electron chi connectivity index (χ2n) is 4.75. The zero-order chi connectivity index (χ0) is 13.1. The Hall–Kier alpha value is -1.78. The zero-order valence-corrected chi connectivity index (χ0v) is 10.3. The maximum atomic E-state index is 12.8. The lowest BCUT2D eigenvalue weighted by molar-refractivity contribution is 0.119. The van der Waals surface area contributed by atoms with Crippen molar-refractivity contribution in [1.82, 2.24) is 4.90 Å². The average Bonchev–Trinajstić information content (AvgIpc) is 2.34. The van der Waals surface area contributed by atoms with Crippen LogP contribution in [0.1, 0.15) is 13.3 Å². The normalized spacial score (nSPS) is 23.8. The van der Waals surface area contributed by atoms with Gasteiger partial charge in [0.15, 0.2) is 0 Å². The highest BCUT2D eigenvalue weighted by Crippen LogP contribution is 2.21. The van der Waals surface area contributed by atoms with Crippen molar-refractivity contribution in [3.05, 3.63) is 30.1 Å². The van der Waals surface area contributed by atoms with Crippen molar-refractivity contribution in [3.8, 4) is 0 Å². The summed E-state index contributed by atoms with van der Waals surface area (Å²) in [5.74, 6) is -0.0193. The Balaban J connectivity index is 1.95. The molecule has 1 fully saturated rings. The topological polar surface area (TPSA) is 52.6 Å². The fourth-order valence-electron chi connectivity index (χ4n) is 2.29. The van der Waals surface area contributed by atoms with Gasteiger partial charge in [-0.15, -0.1) is 0 Å². The number of nitrogens with zero attached hydrogens (tertiary/aromatic N) is 1. The van der Waals surface area contributed by atoms with Crippen LogP contribution >= 0.6 is 0 Å². The molecule has 0 unspecified atom stereocenters. The Labute approximate surface area is 105 Å². The summed E-state index contributed by atoms with van der Waals surface area (Å²) >= 11 is 0. The van der Waals surface area contributed by atoms with Crippen LogP contribution in [-0.2, 0) is 0 Å². The largest absolute Gasteiger partial charge is 0.465 e. The lowest BCUT2D eigenvalue weighted by atomic mass is 9.94. The molecule has 0 radical (unpaired) electrons. The molecule has 1 heterocycles. The molecule has 1 aliphatic rings. The molecule has 4 nitrogen and oxygen atoms in total. The fraction of sp³-hybridized carbons (Fsp3) is 0.462. The van der Waals surface area contributed by atoms with Crippen LogP contribution < -0.4 is 5.32 Å². The smallest absolute Gasteiger partial charge is 0.407 e. The lowest BCUT2D eigenvalue weighted by Crippen LogP contribution is -2.47. The van der Waals surface area contributed by atoms with Crippen LogP contribution in [0.3, 0.4) is 0 Å². The molecule has 0 spiro atoms. The number of amides is 1. The number of carbonyl (C=O) groups is 1. The van der Waals surface area contributed by atoms with Crippen molar-refractivity contribution in [3.63, 3.8) is 0 Å². The van der Waals surface area contributed by atoms with Crippen molar-refractivity contribution in [1.29, 1.82) is 0 Å². The highest BCUT2D eigenvalue weighted by Gasteiger charge is 2.28. The summed E-state index contributed by atoms with van der Waals surface area (Å²) in [6.45, 7) is 3.10. The molecule has 0 aromatic heterocycles. The number of benzene rings is 1. The van der Waals surface area contributed by atoms with Crippen molar-refractivity contribution in [2.45, 2.75) is 19.4 Å². The second kappa shape index (κ2) is 5.25. The number of rotatable bonds is 2. The molecular formula is C13H17FN2O2. The van der Waals surface area contributed by atoms with Crippen molar-refractivity contribution < 1.29 is 14.3 Å². The molecule has 0 bridgehead atoms. The third-order valence-corrected chi connectivity index (χ3v) is 3.37. The molecule has 2 N–H and O–H groups in total. The molecule has 1 aromatic carbocycles. The van der Waals surface area contributed by atoms with Crippen LogP contribution in [0.25, 0.3) is 0 Å². The molecule has 98 valence electrons. The Bertz CT molecular complexity index is 422. The number of nitrogens with one attached hydrogen (secondary N) is 1. The summed E-state index contributed by atoms with van der Waals surface area (Å²) in [6, 6.07) is 6.46. The molecular weight excluding hydrogens is 235 g/mol. The maximum Gasteiger partial charge on any atom is 0.407 e. The van der Waals surface area contributed by atoms with Gasteiger partial charge in [0.05, 0.1) is 0 Å². The summed E-state index contributed by atoms with van der Waals surface area (Å²) in [5, 5.41) is 12.3. The van der Waals surface area contributed by atoms with E-state index < -0.39 is 6.09 Å². The van der Waals surface area contributed by atoms with E-state index in [1.807, 2.05) is 6.92 Å². The Kier molecular flexibility index (Phi) is 3.69. The number of anilines is 1. The average molecular weight is 252 g/mol. The van der Waals surface area contributed by atoms with Gasteiger partial charge in [0.25, 0.3) is 0 Å². The van der Waals surface area contributed by atoms with Crippen LogP contribution in [0.2, 0.25) is 0 Å². The minimum absolute atomic E-state index is 0.228. The van der Waals surface area contributed by atoms with Gasteiger partial charge in [-0.3, -0.25) is 0 Å². The molecule has 2 atom stereocenters. The second-order valence-corrected chi connectivity index (χ2v) is 4.75. The van der Waals surface area contributed by atoms with Crippen LogP contribution in [0, 0.1) is 11.7 Å². The summed E-state index contributed by atoms with van der Waals surface area (Å²) in [5.41, 5.74) is 0.872. The van der Waals surface area contributed by atoms with E-state index >= 15 is 0 Å². The molecule has 0 saturated carbocycles. The van der Waals surface area contributed by atoms with E-state index in [4.69, 9.17) is 5.11 Å². The third kappa shape index (κ3) is 2.91. The van der Waals surface area contributed by atoms with Gasteiger partial charge < -0.3 is 15.3 Å².